The third-order valence-corrected chi connectivity index (χ3v) is 5.71. The van der Waals surface area contributed by atoms with Crippen molar-refractivity contribution in [2.75, 3.05) is 25.2 Å². The van der Waals surface area contributed by atoms with Crippen LogP contribution in [0.25, 0.3) is 11.0 Å². The average Bonchev–Trinajstić information content (AvgIpc) is 3.27. The van der Waals surface area contributed by atoms with Gasteiger partial charge >= 0.3 is 0 Å². The Balaban J connectivity index is 1.79. The van der Waals surface area contributed by atoms with Crippen molar-refractivity contribution in [2.24, 2.45) is 0 Å². The van der Waals surface area contributed by atoms with Gasteiger partial charge in [0.1, 0.15) is 29.7 Å². The van der Waals surface area contributed by atoms with Crippen LogP contribution in [0.2, 0.25) is 0 Å². The van der Waals surface area contributed by atoms with Gasteiger partial charge in [-0.1, -0.05) is 35.5 Å². The Labute approximate surface area is 206 Å². The van der Waals surface area contributed by atoms with Gasteiger partial charge in [-0.15, -0.1) is 5.10 Å². The van der Waals surface area contributed by atoms with Gasteiger partial charge in [0.05, 0.1) is 12.1 Å². The highest BCUT2D eigenvalue weighted by Gasteiger charge is 2.33. The summed E-state index contributed by atoms with van der Waals surface area (Å²) < 4.78 is 34.8. The van der Waals surface area contributed by atoms with E-state index in [4.69, 9.17) is 4.74 Å². The quantitative estimate of drug-likeness (QED) is 0.360. The maximum atomic E-state index is 14.6. The van der Waals surface area contributed by atoms with Gasteiger partial charge in [0.25, 0.3) is 0 Å². The number of para-hydroxylation sites is 1. The molecule has 0 bridgehead atoms. The molecule has 0 aliphatic carbocycles. The van der Waals surface area contributed by atoms with Gasteiger partial charge in [-0.2, -0.15) is 0 Å². The Morgan fingerprint density at radius 2 is 1.83 bits per heavy atom. The van der Waals surface area contributed by atoms with E-state index in [9.17, 15) is 18.4 Å². The van der Waals surface area contributed by atoms with Crippen molar-refractivity contribution in [3.05, 3.63) is 89.5 Å². The van der Waals surface area contributed by atoms with Crippen LogP contribution in [-0.4, -0.2) is 47.1 Å². The first kappa shape index (κ1) is 24.9. The van der Waals surface area contributed by atoms with Crippen LogP contribution in [0.3, 0.4) is 0 Å². The van der Waals surface area contributed by atoms with Crippen LogP contribution in [0, 0.1) is 18.6 Å². The minimum Gasteiger partial charge on any atom is -0.383 e. The fraction of sp³-hybridized carbons (Fsp3) is 0.231. The summed E-state index contributed by atoms with van der Waals surface area (Å²) in [4.78, 5) is 28.4. The highest BCUT2D eigenvalue weighted by molar-refractivity contribution is 6.01. The van der Waals surface area contributed by atoms with E-state index in [2.05, 4.69) is 15.6 Å². The number of carbonyl (C=O) groups excluding carboxylic acids is 2. The number of hydrogen-bond acceptors (Lipinski definition) is 5. The summed E-state index contributed by atoms with van der Waals surface area (Å²) in [6.07, 6.45) is 0. The highest BCUT2D eigenvalue weighted by atomic mass is 19.1. The van der Waals surface area contributed by atoms with E-state index in [1.165, 1.54) is 53.1 Å². The fourth-order valence-electron chi connectivity index (χ4n) is 3.84. The Morgan fingerprint density at radius 3 is 2.56 bits per heavy atom. The average molecular weight is 494 g/mol. The third kappa shape index (κ3) is 5.38. The molecule has 0 aliphatic rings. The van der Waals surface area contributed by atoms with Crippen molar-refractivity contribution in [1.82, 2.24) is 20.3 Å². The smallest absolute Gasteiger partial charge is 0.249 e. The summed E-state index contributed by atoms with van der Waals surface area (Å²) in [7, 11) is 1.50. The molecule has 36 heavy (non-hydrogen) atoms. The molecule has 0 spiro atoms. The molecule has 0 saturated heterocycles. The predicted molar refractivity (Wildman–Crippen MR) is 130 cm³/mol. The van der Waals surface area contributed by atoms with Gasteiger partial charge in [-0.25, -0.2) is 13.5 Å². The minimum atomic E-state index is -1.22. The van der Waals surface area contributed by atoms with E-state index in [1.807, 2.05) is 0 Å². The van der Waals surface area contributed by atoms with E-state index in [0.29, 0.717) is 22.2 Å². The van der Waals surface area contributed by atoms with Crippen molar-refractivity contribution < 1.29 is 23.1 Å². The Hall–Kier alpha value is -4.18. The number of aromatic nitrogens is 3. The van der Waals surface area contributed by atoms with Crippen LogP contribution in [0.4, 0.5) is 14.5 Å². The second kappa shape index (κ2) is 11.0. The monoisotopic (exact) mass is 493 g/mol. The molecule has 1 heterocycles. The van der Waals surface area contributed by atoms with Crippen molar-refractivity contribution in [2.45, 2.75) is 19.5 Å². The lowest BCUT2D eigenvalue weighted by Gasteiger charge is -2.31. The van der Waals surface area contributed by atoms with Crippen molar-refractivity contribution in [1.29, 1.82) is 0 Å². The minimum absolute atomic E-state index is 0.170. The second-order valence-electron chi connectivity index (χ2n) is 8.17. The summed E-state index contributed by atoms with van der Waals surface area (Å²) in [5.74, 6) is -2.10. The molecule has 10 heteroatoms. The third-order valence-electron chi connectivity index (χ3n) is 5.71. The van der Waals surface area contributed by atoms with Gasteiger partial charge in [0.15, 0.2) is 0 Å². The van der Waals surface area contributed by atoms with Crippen LogP contribution in [-0.2, 0) is 20.9 Å². The SMILES string of the molecule is COCCNC(=O)[C@@H](c1ccc(F)cc1)N(C(=O)Cn1nnc2ccccc21)c1ccc(C)c(F)c1. The number of carbonyl (C=O) groups is 2. The van der Waals surface area contributed by atoms with Crippen LogP contribution in [0.5, 0.6) is 0 Å². The second-order valence-corrected chi connectivity index (χ2v) is 8.17. The number of anilines is 1. The Bertz CT molecular complexity index is 1370. The normalized spacial score (nSPS) is 11.9. The van der Waals surface area contributed by atoms with Crippen LogP contribution in [0.1, 0.15) is 17.2 Å². The lowest BCUT2D eigenvalue weighted by molar-refractivity contribution is -0.127. The molecule has 1 atom stereocenters. The van der Waals surface area contributed by atoms with Gasteiger partial charge < -0.3 is 10.1 Å². The molecule has 1 N–H and O–H groups in total. The molecule has 0 radical (unpaired) electrons. The molecule has 8 nitrogen and oxygen atoms in total. The number of amides is 2. The molecule has 0 saturated carbocycles. The number of nitrogens with one attached hydrogen (secondary N) is 1. The molecule has 2 amide bonds. The molecular formula is C26H25F2N5O3. The van der Waals surface area contributed by atoms with Crippen LogP contribution < -0.4 is 10.2 Å². The first-order valence-corrected chi connectivity index (χ1v) is 11.3. The summed E-state index contributed by atoms with van der Waals surface area (Å²) in [6, 6.07) is 15.5. The predicted octanol–water partition coefficient (Wildman–Crippen LogP) is 3.56. The first-order chi connectivity index (χ1) is 17.4. The number of fused-ring (bicyclic) bond motifs is 1. The van der Waals surface area contributed by atoms with E-state index in [1.54, 1.807) is 37.3 Å². The zero-order chi connectivity index (χ0) is 25.7. The van der Waals surface area contributed by atoms with E-state index in [0.717, 1.165) is 0 Å². The summed E-state index contributed by atoms with van der Waals surface area (Å²) in [6.45, 7) is 1.77. The summed E-state index contributed by atoms with van der Waals surface area (Å²) in [5, 5.41) is 10.9. The topological polar surface area (TPSA) is 89.4 Å². The Kier molecular flexibility index (Phi) is 7.65. The standard InChI is InChI=1S/C26H25F2N5O3/c1-17-7-12-20(15-21(17)28)33(24(34)16-32-23-6-4-3-5-22(23)30-31-32)25(26(35)29-13-14-36-2)18-8-10-19(27)11-9-18/h3-12,15,25H,13-14,16H2,1-2H3,(H,29,35)/t25-/m1/s1. The van der Waals surface area contributed by atoms with Crippen LogP contribution in [0.15, 0.2) is 66.7 Å². The number of benzene rings is 3. The van der Waals surface area contributed by atoms with Gasteiger partial charge in [0, 0.05) is 19.3 Å². The maximum absolute atomic E-state index is 14.6. The molecule has 0 fully saturated rings. The number of methoxy groups -OCH3 is 1. The number of ether oxygens (including phenoxy) is 1. The van der Waals surface area contributed by atoms with Crippen molar-refractivity contribution in [3.8, 4) is 0 Å². The first-order valence-electron chi connectivity index (χ1n) is 11.3. The summed E-state index contributed by atoms with van der Waals surface area (Å²) in [5.41, 5.74) is 2.14. The molecule has 1 aromatic heterocycles. The Morgan fingerprint density at radius 1 is 1.08 bits per heavy atom. The highest BCUT2D eigenvalue weighted by Crippen LogP contribution is 2.30. The van der Waals surface area contributed by atoms with E-state index < -0.39 is 29.5 Å². The van der Waals surface area contributed by atoms with Gasteiger partial charge in [0.2, 0.25) is 11.8 Å². The summed E-state index contributed by atoms with van der Waals surface area (Å²) >= 11 is 0. The molecule has 4 rings (SSSR count). The van der Waals surface area contributed by atoms with Crippen molar-refractivity contribution >= 4 is 28.5 Å². The molecule has 4 aromatic rings. The number of rotatable bonds is 9. The largest absolute Gasteiger partial charge is 0.383 e. The number of halogens is 2. The van der Waals surface area contributed by atoms with E-state index >= 15 is 0 Å². The van der Waals surface area contributed by atoms with E-state index in [-0.39, 0.29) is 25.4 Å². The molecule has 0 unspecified atom stereocenters. The zero-order valence-electron chi connectivity index (χ0n) is 19.8. The molecule has 3 aromatic carbocycles. The lowest BCUT2D eigenvalue weighted by Crippen LogP contribution is -2.46. The number of hydrogen-bond donors (Lipinski definition) is 1. The lowest BCUT2D eigenvalue weighted by atomic mass is 10.0. The molecular weight excluding hydrogens is 468 g/mol. The fourth-order valence-corrected chi connectivity index (χ4v) is 3.84. The van der Waals surface area contributed by atoms with Gasteiger partial charge in [-0.05, 0) is 54.4 Å². The maximum Gasteiger partial charge on any atom is 0.249 e. The van der Waals surface area contributed by atoms with Gasteiger partial charge in [-0.3, -0.25) is 14.5 Å². The number of aryl methyl sites for hydroxylation is 1. The molecule has 0 aliphatic heterocycles. The van der Waals surface area contributed by atoms with Crippen molar-refractivity contribution in [3.63, 3.8) is 0 Å². The number of nitrogens with zero attached hydrogens (tertiary/aromatic N) is 4. The zero-order valence-corrected chi connectivity index (χ0v) is 19.8. The van der Waals surface area contributed by atoms with Crippen LogP contribution >= 0.6 is 0 Å². The molecule has 186 valence electrons.